The van der Waals surface area contributed by atoms with Crippen LogP contribution < -0.4 is 29.4 Å². The maximum atomic E-state index is 13.3. The summed E-state index contributed by atoms with van der Waals surface area (Å²) in [7, 11) is 1.52. The average molecular weight is 609 g/mol. The molecule has 9 heteroatoms. The van der Waals surface area contributed by atoms with Crippen molar-refractivity contribution in [2.45, 2.75) is 38.7 Å². The highest BCUT2D eigenvalue weighted by Crippen LogP contribution is 2.45. The fraction of sp³-hybridized carbons (Fsp3) is 0.222. The summed E-state index contributed by atoms with van der Waals surface area (Å²) in [6, 6.07) is 26.0. The Labute approximate surface area is 261 Å². The number of fused-ring (bicyclic) bond motifs is 1. The van der Waals surface area contributed by atoms with E-state index in [9.17, 15) is 14.4 Å². The fourth-order valence-electron chi connectivity index (χ4n) is 4.92. The van der Waals surface area contributed by atoms with Crippen LogP contribution in [0.4, 0.5) is 4.39 Å². The lowest BCUT2D eigenvalue weighted by atomic mass is 9.83. The highest BCUT2D eigenvalue weighted by Gasteiger charge is 2.32. The first-order valence-electron chi connectivity index (χ1n) is 14.3. The number of halogens is 1. The summed E-state index contributed by atoms with van der Waals surface area (Å²) in [6.07, 6.45) is 0. The van der Waals surface area contributed by atoms with Crippen LogP contribution in [0.15, 0.2) is 96.4 Å². The Morgan fingerprint density at radius 2 is 1.64 bits per heavy atom. The highest BCUT2D eigenvalue weighted by molar-refractivity contribution is 5.74. The maximum Gasteiger partial charge on any atom is 0.349 e. The first-order chi connectivity index (χ1) is 21.5. The van der Waals surface area contributed by atoms with E-state index in [1.54, 1.807) is 42.5 Å². The number of nitrogens with two attached hydrogens (primary N) is 1. The predicted molar refractivity (Wildman–Crippen MR) is 166 cm³/mol. The van der Waals surface area contributed by atoms with Crippen molar-refractivity contribution in [3.8, 4) is 34.8 Å². The number of nitrogens with zero attached hydrogens (tertiary/aromatic N) is 1. The second-order valence-corrected chi connectivity index (χ2v) is 11.5. The molecule has 1 aliphatic heterocycles. The number of hydrogen-bond acceptors (Lipinski definition) is 8. The van der Waals surface area contributed by atoms with Crippen molar-refractivity contribution in [3.05, 3.63) is 124 Å². The van der Waals surface area contributed by atoms with Gasteiger partial charge in [0, 0.05) is 11.6 Å². The van der Waals surface area contributed by atoms with Crippen molar-refractivity contribution in [1.82, 2.24) is 0 Å². The van der Waals surface area contributed by atoms with Crippen molar-refractivity contribution in [2.75, 3.05) is 13.7 Å². The number of hydrogen-bond donors (Lipinski definition) is 1. The van der Waals surface area contributed by atoms with Gasteiger partial charge in [0.1, 0.15) is 41.3 Å². The molecule has 1 heterocycles. The molecule has 0 radical (unpaired) electrons. The number of carbonyl (C=O) groups excluding carboxylic acids is 1. The molecule has 4 aromatic rings. The van der Waals surface area contributed by atoms with Gasteiger partial charge in [0.25, 0.3) is 0 Å². The van der Waals surface area contributed by atoms with E-state index in [0.29, 0.717) is 34.1 Å². The molecular weight excluding hydrogens is 575 g/mol. The lowest BCUT2D eigenvalue weighted by Gasteiger charge is -2.27. The molecule has 5 rings (SSSR count). The molecule has 8 nitrogen and oxygen atoms in total. The molecule has 0 fully saturated rings. The highest BCUT2D eigenvalue weighted by atomic mass is 19.1. The van der Waals surface area contributed by atoms with E-state index < -0.39 is 11.9 Å². The summed E-state index contributed by atoms with van der Waals surface area (Å²) in [5.41, 5.74) is 9.72. The lowest BCUT2D eigenvalue weighted by Crippen LogP contribution is -2.22. The molecule has 1 unspecified atom stereocenters. The van der Waals surface area contributed by atoms with Gasteiger partial charge in [-0.15, -0.1) is 0 Å². The van der Waals surface area contributed by atoms with Gasteiger partial charge in [-0.1, -0.05) is 57.2 Å². The Bertz CT molecular complexity index is 1770. The lowest BCUT2D eigenvalue weighted by molar-refractivity contribution is -0.136. The molecule has 1 atom stereocenters. The second-order valence-electron chi connectivity index (χ2n) is 11.5. The minimum absolute atomic E-state index is 0.00767. The number of benzene rings is 4. The third-order valence-corrected chi connectivity index (χ3v) is 7.33. The SMILES string of the molecule is COc1cc(C2C(C#N)=C(N)Oc3cc(OC(=O)COc4ccc(C(C)(C)C)cc4)ccc32)ccc1OCc1ccc(F)cc1. The van der Waals surface area contributed by atoms with Gasteiger partial charge in [0.2, 0.25) is 5.88 Å². The zero-order chi connectivity index (χ0) is 32.1. The normalized spacial score (nSPS) is 14.1. The smallest absolute Gasteiger partial charge is 0.349 e. The molecule has 0 saturated heterocycles. The zero-order valence-corrected chi connectivity index (χ0v) is 25.4. The number of allylic oxidation sites excluding steroid dienone is 1. The van der Waals surface area contributed by atoms with E-state index in [1.807, 2.05) is 30.3 Å². The number of carbonyl (C=O) groups is 1. The van der Waals surface area contributed by atoms with Gasteiger partial charge in [-0.25, -0.2) is 9.18 Å². The number of rotatable bonds is 9. The number of ether oxygens (including phenoxy) is 5. The van der Waals surface area contributed by atoms with Crippen molar-refractivity contribution >= 4 is 5.97 Å². The quantitative estimate of drug-likeness (QED) is 0.161. The van der Waals surface area contributed by atoms with Gasteiger partial charge in [0.05, 0.1) is 13.0 Å². The maximum absolute atomic E-state index is 13.3. The number of methoxy groups -OCH3 is 1. The number of esters is 1. The molecule has 0 spiro atoms. The Morgan fingerprint density at radius 1 is 0.933 bits per heavy atom. The molecule has 230 valence electrons. The van der Waals surface area contributed by atoms with Crippen LogP contribution in [-0.2, 0) is 16.8 Å². The molecule has 1 aliphatic rings. The summed E-state index contributed by atoms with van der Waals surface area (Å²) in [6.45, 7) is 6.29. The Balaban J connectivity index is 1.31. The topological polar surface area (TPSA) is 113 Å². The summed E-state index contributed by atoms with van der Waals surface area (Å²) >= 11 is 0. The molecule has 4 aromatic carbocycles. The van der Waals surface area contributed by atoms with Crippen LogP contribution in [0.2, 0.25) is 0 Å². The van der Waals surface area contributed by atoms with E-state index >= 15 is 0 Å². The first kappa shape index (κ1) is 31.0. The van der Waals surface area contributed by atoms with Crippen LogP contribution in [0.5, 0.6) is 28.7 Å². The zero-order valence-electron chi connectivity index (χ0n) is 25.4. The molecule has 0 aromatic heterocycles. The van der Waals surface area contributed by atoms with Crippen LogP contribution in [0, 0.1) is 17.1 Å². The van der Waals surface area contributed by atoms with Crippen molar-refractivity contribution in [3.63, 3.8) is 0 Å². The summed E-state index contributed by atoms with van der Waals surface area (Å²) in [5, 5.41) is 9.98. The third kappa shape index (κ3) is 7.19. The van der Waals surface area contributed by atoms with Crippen molar-refractivity contribution < 1.29 is 32.9 Å². The Kier molecular flexibility index (Phi) is 8.96. The van der Waals surface area contributed by atoms with E-state index in [-0.39, 0.29) is 41.7 Å². The van der Waals surface area contributed by atoms with Crippen molar-refractivity contribution in [2.24, 2.45) is 5.73 Å². The third-order valence-electron chi connectivity index (χ3n) is 7.33. The van der Waals surface area contributed by atoms with E-state index in [2.05, 4.69) is 26.8 Å². The molecule has 45 heavy (non-hydrogen) atoms. The second kappa shape index (κ2) is 13.0. The van der Waals surface area contributed by atoms with Crippen LogP contribution in [0.25, 0.3) is 0 Å². The number of nitriles is 1. The van der Waals surface area contributed by atoms with E-state index in [0.717, 1.165) is 11.1 Å². The molecule has 2 N–H and O–H groups in total. The van der Waals surface area contributed by atoms with E-state index in [1.165, 1.54) is 19.2 Å². The molecular formula is C36H33FN2O6. The first-order valence-corrected chi connectivity index (χ1v) is 14.3. The summed E-state index contributed by atoms with van der Waals surface area (Å²) < 4.78 is 41.7. The van der Waals surface area contributed by atoms with Crippen LogP contribution in [0.3, 0.4) is 0 Å². The summed E-state index contributed by atoms with van der Waals surface area (Å²) in [4.78, 5) is 12.6. The molecule has 0 aliphatic carbocycles. The van der Waals surface area contributed by atoms with Gasteiger partial charge in [-0.2, -0.15) is 5.26 Å². The van der Waals surface area contributed by atoms with Gasteiger partial charge < -0.3 is 29.4 Å². The molecule has 0 amide bonds. The van der Waals surface area contributed by atoms with E-state index in [4.69, 9.17) is 29.4 Å². The average Bonchev–Trinajstić information content (AvgIpc) is 3.02. The minimum atomic E-state index is -0.593. The van der Waals surface area contributed by atoms with Crippen LogP contribution in [-0.4, -0.2) is 19.7 Å². The molecule has 0 bridgehead atoms. The minimum Gasteiger partial charge on any atom is -0.493 e. The Hall–Kier alpha value is -5.49. The standard InChI is InChI=1S/C36H33FN2O6/c1-36(2,3)24-8-12-26(13-9-24)42-21-33(40)44-27-14-15-28-31(18-27)45-35(39)29(19-38)34(28)23-7-16-30(32(17-23)41-4)43-20-22-5-10-25(37)11-6-22/h5-18,34H,20-21,39H2,1-4H3. The fourth-order valence-corrected chi connectivity index (χ4v) is 4.92. The largest absolute Gasteiger partial charge is 0.493 e. The van der Waals surface area contributed by atoms with Gasteiger partial charge in [0.15, 0.2) is 18.1 Å². The van der Waals surface area contributed by atoms with Crippen molar-refractivity contribution in [1.29, 1.82) is 5.26 Å². The monoisotopic (exact) mass is 608 g/mol. The van der Waals surface area contributed by atoms with Gasteiger partial charge in [-0.3, -0.25) is 0 Å². The van der Waals surface area contributed by atoms with Crippen LogP contribution in [0.1, 0.15) is 48.9 Å². The predicted octanol–water partition coefficient (Wildman–Crippen LogP) is 6.91. The Morgan fingerprint density at radius 3 is 2.31 bits per heavy atom. The molecule has 0 saturated carbocycles. The van der Waals surface area contributed by atoms with Crippen LogP contribution >= 0.6 is 0 Å². The van der Waals surface area contributed by atoms with Gasteiger partial charge >= 0.3 is 5.97 Å². The van der Waals surface area contributed by atoms with Gasteiger partial charge in [-0.05, 0) is 64.6 Å². The summed E-state index contributed by atoms with van der Waals surface area (Å²) in [5.74, 6) is 0.495.